The second-order valence-electron chi connectivity index (χ2n) is 5.37. The predicted molar refractivity (Wildman–Crippen MR) is 98.0 cm³/mol. The first-order valence-electron chi connectivity index (χ1n) is 7.23. The summed E-state index contributed by atoms with van der Waals surface area (Å²) in [6, 6.07) is 9.81. The number of aryl methyl sites for hydroxylation is 1. The molecule has 128 valence electrons. The lowest BCUT2D eigenvalue weighted by Crippen LogP contribution is -2.43. The Morgan fingerprint density at radius 1 is 1.16 bits per heavy atom. The molecule has 1 aliphatic heterocycles. The van der Waals surface area contributed by atoms with E-state index in [4.69, 9.17) is 0 Å². The third kappa shape index (κ3) is 3.23. The van der Waals surface area contributed by atoms with E-state index in [0.29, 0.717) is 11.8 Å². The first-order valence-corrected chi connectivity index (χ1v) is 10.4. The number of thioether (sulfide) groups is 1. The zero-order valence-corrected chi connectivity index (χ0v) is 15.6. The monoisotopic (exact) mass is 391 g/mol. The summed E-state index contributed by atoms with van der Waals surface area (Å²) in [6.45, 7) is 1.83. The molecule has 2 amide bonds. The number of rotatable bonds is 3. The van der Waals surface area contributed by atoms with Crippen molar-refractivity contribution in [2.75, 3.05) is 0 Å². The summed E-state index contributed by atoms with van der Waals surface area (Å²) >= 11 is 1.89. The topological polar surface area (TPSA) is 80.3 Å². The highest BCUT2D eigenvalue weighted by Crippen LogP contribution is 2.43. The predicted octanol–water partition coefficient (Wildman–Crippen LogP) is 2.95. The standard InChI is InChI=1S/C17H13NO4S3/c1-12-6-8-14(9-7-12)25(21,22)17(15(19)18-16(20)24-17)10-2-4-13-5-3-11-23-13/h3,5-9,11H,10H2,1H3,(H,18,19,20). The molecule has 0 aliphatic carbocycles. The number of amides is 2. The molecule has 1 aliphatic rings. The van der Waals surface area contributed by atoms with Gasteiger partial charge in [-0.3, -0.25) is 14.9 Å². The summed E-state index contributed by atoms with van der Waals surface area (Å²) in [6.07, 6.45) is -0.274. The molecule has 25 heavy (non-hydrogen) atoms. The fraction of sp³-hybridized carbons (Fsp3) is 0.176. The van der Waals surface area contributed by atoms with Crippen LogP contribution in [0.25, 0.3) is 0 Å². The van der Waals surface area contributed by atoms with Crippen LogP contribution in [0.4, 0.5) is 4.79 Å². The van der Waals surface area contributed by atoms with Crippen molar-refractivity contribution in [2.45, 2.75) is 22.3 Å². The summed E-state index contributed by atoms with van der Waals surface area (Å²) in [4.78, 5) is 24.9. The van der Waals surface area contributed by atoms with Gasteiger partial charge in [0.1, 0.15) is 0 Å². The molecule has 1 atom stereocenters. The first-order chi connectivity index (χ1) is 11.8. The van der Waals surface area contributed by atoms with E-state index in [0.717, 1.165) is 10.4 Å². The Bertz CT molecular complexity index is 983. The third-order valence-electron chi connectivity index (χ3n) is 3.64. The average Bonchev–Trinajstić information content (AvgIpc) is 3.16. The highest BCUT2D eigenvalue weighted by molar-refractivity contribution is 8.25. The van der Waals surface area contributed by atoms with Gasteiger partial charge in [0.2, 0.25) is 13.9 Å². The van der Waals surface area contributed by atoms with E-state index in [1.807, 2.05) is 18.4 Å². The Labute approximate surface area is 153 Å². The van der Waals surface area contributed by atoms with Gasteiger partial charge >= 0.3 is 0 Å². The number of benzene rings is 1. The van der Waals surface area contributed by atoms with E-state index in [9.17, 15) is 18.0 Å². The third-order valence-corrected chi connectivity index (χ3v) is 8.37. The minimum Gasteiger partial charge on any atom is -0.285 e. The average molecular weight is 391 g/mol. The highest BCUT2D eigenvalue weighted by Gasteiger charge is 2.58. The minimum absolute atomic E-state index is 0.00614. The largest absolute Gasteiger partial charge is 0.287 e. The minimum atomic E-state index is -4.11. The molecule has 1 aromatic carbocycles. The van der Waals surface area contributed by atoms with Crippen LogP contribution in [0.3, 0.4) is 0 Å². The van der Waals surface area contributed by atoms with Gasteiger partial charge in [0.05, 0.1) is 9.77 Å². The molecule has 3 rings (SSSR count). The van der Waals surface area contributed by atoms with E-state index in [1.165, 1.54) is 23.5 Å². The lowest BCUT2D eigenvalue weighted by molar-refractivity contribution is -0.119. The maximum Gasteiger partial charge on any atom is 0.287 e. The van der Waals surface area contributed by atoms with Crippen LogP contribution in [0.15, 0.2) is 46.7 Å². The number of imide groups is 1. The van der Waals surface area contributed by atoms with E-state index >= 15 is 0 Å². The van der Waals surface area contributed by atoms with Crippen LogP contribution in [0.2, 0.25) is 0 Å². The number of hydrogen-bond donors (Lipinski definition) is 1. The molecule has 2 aromatic rings. The summed E-state index contributed by atoms with van der Waals surface area (Å²) < 4.78 is 24.3. The van der Waals surface area contributed by atoms with E-state index < -0.39 is 25.1 Å². The van der Waals surface area contributed by atoms with Crippen molar-refractivity contribution in [1.82, 2.24) is 5.32 Å². The van der Waals surface area contributed by atoms with Crippen LogP contribution in [0.5, 0.6) is 0 Å². The van der Waals surface area contributed by atoms with Gasteiger partial charge in [-0.15, -0.1) is 11.3 Å². The molecule has 0 spiro atoms. The number of sulfone groups is 1. The number of carbonyl (C=O) groups is 2. The Kier molecular flexibility index (Phi) is 4.73. The van der Waals surface area contributed by atoms with E-state index in [2.05, 4.69) is 17.2 Å². The first kappa shape index (κ1) is 17.7. The highest BCUT2D eigenvalue weighted by atomic mass is 32.3. The second-order valence-corrected chi connectivity index (χ2v) is 10.0. The van der Waals surface area contributed by atoms with Gasteiger partial charge in [-0.05, 0) is 42.3 Å². The van der Waals surface area contributed by atoms with Crippen molar-refractivity contribution in [3.05, 3.63) is 52.2 Å². The molecule has 5 nitrogen and oxygen atoms in total. The molecule has 8 heteroatoms. The summed E-state index contributed by atoms with van der Waals surface area (Å²) in [5.74, 6) is 4.76. The molecular formula is C17H13NO4S3. The second kappa shape index (κ2) is 6.67. The molecule has 1 aromatic heterocycles. The molecule has 1 N–H and O–H groups in total. The molecular weight excluding hydrogens is 378 g/mol. The van der Waals surface area contributed by atoms with Crippen LogP contribution in [-0.2, 0) is 14.6 Å². The van der Waals surface area contributed by atoms with Gasteiger partial charge in [0.15, 0.2) is 0 Å². The zero-order chi connectivity index (χ0) is 18.1. The Morgan fingerprint density at radius 2 is 1.88 bits per heavy atom. The van der Waals surface area contributed by atoms with Gasteiger partial charge in [-0.25, -0.2) is 8.42 Å². The Balaban J connectivity index is 2.04. The quantitative estimate of drug-likeness (QED) is 0.814. The fourth-order valence-electron chi connectivity index (χ4n) is 2.30. The lowest BCUT2D eigenvalue weighted by Gasteiger charge is -2.22. The van der Waals surface area contributed by atoms with E-state index in [-0.39, 0.29) is 11.3 Å². The Morgan fingerprint density at radius 3 is 2.44 bits per heavy atom. The van der Waals surface area contributed by atoms with Crippen LogP contribution in [0.1, 0.15) is 16.9 Å². The van der Waals surface area contributed by atoms with Crippen LogP contribution >= 0.6 is 23.1 Å². The maximum atomic E-state index is 13.1. The number of nitrogens with one attached hydrogen (secondary N) is 1. The van der Waals surface area contributed by atoms with Gasteiger partial charge in [0, 0.05) is 6.42 Å². The van der Waals surface area contributed by atoms with E-state index in [1.54, 1.807) is 18.2 Å². The van der Waals surface area contributed by atoms with Gasteiger partial charge in [-0.2, -0.15) is 0 Å². The summed E-state index contributed by atoms with van der Waals surface area (Å²) in [5.41, 5.74) is 0.894. The van der Waals surface area contributed by atoms with Gasteiger partial charge in [-0.1, -0.05) is 35.6 Å². The van der Waals surface area contributed by atoms with Crippen molar-refractivity contribution >= 4 is 44.1 Å². The van der Waals surface area contributed by atoms with Crippen molar-refractivity contribution in [3.8, 4) is 11.8 Å². The normalized spacial score (nSPS) is 20.0. The van der Waals surface area contributed by atoms with Crippen molar-refractivity contribution in [1.29, 1.82) is 0 Å². The fourth-order valence-corrected chi connectivity index (χ4v) is 6.01. The SMILES string of the molecule is Cc1ccc(S(=O)(=O)C2(CC#Cc3cccs3)SC(=O)NC2=O)cc1. The van der Waals surface area contributed by atoms with Crippen LogP contribution < -0.4 is 5.32 Å². The number of carbonyl (C=O) groups excluding carboxylic acids is 2. The lowest BCUT2D eigenvalue weighted by atomic mass is 10.2. The molecule has 1 fully saturated rings. The molecule has 2 heterocycles. The van der Waals surface area contributed by atoms with Gasteiger partial charge < -0.3 is 0 Å². The van der Waals surface area contributed by atoms with Crippen molar-refractivity contribution in [2.24, 2.45) is 0 Å². The molecule has 1 saturated heterocycles. The summed E-state index contributed by atoms with van der Waals surface area (Å²) in [5, 5.41) is 3.25. The van der Waals surface area contributed by atoms with Crippen molar-refractivity contribution < 1.29 is 18.0 Å². The Hall–Kier alpha value is -2.08. The van der Waals surface area contributed by atoms with Crippen LogP contribution in [0, 0.1) is 18.8 Å². The number of thiophene rings is 1. The molecule has 0 saturated carbocycles. The smallest absolute Gasteiger partial charge is 0.285 e. The molecule has 1 unspecified atom stereocenters. The zero-order valence-electron chi connectivity index (χ0n) is 13.1. The maximum absolute atomic E-state index is 13.1. The number of hydrogen-bond acceptors (Lipinski definition) is 6. The van der Waals surface area contributed by atoms with Gasteiger partial charge in [0.25, 0.3) is 11.1 Å². The molecule has 0 bridgehead atoms. The van der Waals surface area contributed by atoms with Crippen LogP contribution in [-0.4, -0.2) is 23.6 Å². The van der Waals surface area contributed by atoms with Crippen molar-refractivity contribution in [3.63, 3.8) is 0 Å². The summed E-state index contributed by atoms with van der Waals surface area (Å²) in [7, 11) is -4.11. The molecule has 0 radical (unpaired) electrons.